The Balaban J connectivity index is 2.89. The normalized spacial score (nSPS) is 11.7. The molecule has 0 N–H and O–H groups in total. The summed E-state index contributed by atoms with van der Waals surface area (Å²) in [6.07, 6.45) is 22.6. The van der Waals surface area contributed by atoms with Gasteiger partial charge in [0.25, 0.3) is 0 Å². The van der Waals surface area contributed by atoms with Crippen LogP contribution in [0, 0.1) is 0 Å². The standard InChI is InChI=1S/C18H39OSi/c1-2-3-4-5-6-7-8-9-10-11-12-13-14-15-16-17-18-20-19/h2-18,20H2,1H3. The lowest BCUT2D eigenvalue weighted by molar-refractivity contribution is 0.468. The van der Waals surface area contributed by atoms with Gasteiger partial charge in [0.05, 0.1) is 0 Å². The Hall–Kier alpha value is 0.177. The van der Waals surface area contributed by atoms with Crippen LogP contribution in [0.2, 0.25) is 6.04 Å². The van der Waals surface area contributed by atoms with E-state index in [1.54, 1.807) is 0 Å². The van der Waals surface area contributed by atoms with Gasteiger partial charge in [0, 0.05) is 0 Å². The molecule has 121 valence electrons. The summed E-state index contributed by atoms with van der Waals surface area (Å²) in [6.45, 7) is 2.29. The Morgan fingerprint density at radius 3 is 1.10 bits per heavy atom. The molecule has 0 spiro atoms. The van der Waals surface area contributed by atoms with Crippen LogP contribution in [0.25, 0.3) is 0 Å². The first-order chi connectivity index (χ1) is 9.91. The molecule has 0 amide bonds. The van der Waals surface area contributed by atoms with Crippen molar-refractivity contribution >= 4 is 9.76 Å². The van der Waals surface area contributed by atoms with E-state index < -0.39 is 9.76 Å². The Morgan fingerprint density at radius 1 is 0.500 bits per heavy atom. The molecule has 0 unspecified atom stereocenters. The SMILES string of the molecule is CCCCCCCCCCCCCCCCCC[SiH2][O]. The summed E-state index contributed by atoms with van der Waals surface area (Å²) in [5.41, 5.74) is 0. The van der Waals surface area contributed by atoms with Crippen LogP contribution >= 0.6 is 0 Å². The zero-order valence-corrected chi connectivity index (χ0v) is 15.6. The first kappa shape index (κ1) is 20.2. The summed E-state index contributed by atoms with van der Waals surface area (Å²) in [5.74, 6) is 0. The molecule has 2 heteroatoms. The molecule has 0 atom stereocenters. The van der Waals surface area contributed by atoms with Crippen molar-refractivity contribution in [2.75, 3.05) is 0 Å². The summed E-state index contributed by atoms with van der Waals surface area (Å²) in [7, 11) is -0.901. The van der Waals surface area contributed by atoms with E-state index in [9.17, 15) is 4.80 Å². The maximum atomic E-state index is 10.4. The van der Waals surface area contributed by atoms with E-state index in [-0.39, 0.29) is 0 Å². The maximum Gasteiger partial charge on any atom is 0.207 e. The van der Waals surface area contributed by atoms with Gasteiger partial charge in [0.1, 0.15) is 0 Å². The number of hydrogen-bond donors (Lipinski definition) is 0. The summed E-state index contributed by atoms with van der Waals surface area (Å²) in [4.78, 5) is 10.4. The van der Waals surface area contributed by atoms with Gasteiger partial charge in [0.15, 0.2) is 0 Å². The molecule has 0 saturated carbocycles. The van der Waals surface area contributed by atoms with Gasteiger partial charge in [0.2, 0.25) is 9.76 Å². The highest BCUT2D eigenvalue weighted by molar-refractivity contribution is 6.24. The fraction of sp³-hybridized carbons (Fsp3) is 1.00. The molecule has 0 saturated heterocycles. The second kappa shape index (κ2) is 19.2. The Kier molecular flexibility index (Phi) is 19.3. The van der Waals surface area contributed by atoms with E-state index in [0.717, 1.165) is 6.04 Å². The van der Waals surface area contributed by atoms with Crippen LogP contribution in [0.15, 0.2) is 0 Å². The van der Waals surface area contributed by atoms with Crippen LogP contribution in [0.5, 0.6) is 0 Å². The molecule has 20 heavy (non-hydrogen) atoms. The molecule has 0 heterocycles. The summed E-state index contributed by atoms with van der Waals surface area (Å²) in [5, 5.41) is 0. The largest absolute Gasteiger partial charge is 0.306 e. The Labute approximate surface area is 130 Å². The van der Waals surface area contributed by atoms with Crippen molar-refractivity contribution in [3.63, 3.8) is 0 Å². The highest BCUT2D eigenvalue weighted by Gasteiger charge is 1.94. The van der Waals surface area contributed by atoms with E-state index in [0.29, 0.717) is 0 Å². The molecule has 1 nitrogen and oxygen atoms in total. The van der Waals surface area contributed by atoms with Crippen molar-refractivity contribution in [1.29, 1.82) is 0 Å². The minimum Gasteiger partial charge on any atom is -0.306 e. The van der Waals surface area contributed by atoms with Crippen LogP contribution in [0.4, 0.5) is 0 Å². The van der Waals surface area contributed by atoms with Crippen molar-refractivity contribution in [3.8, 4) is 0 Å². The van der Waals surface area contributed by atoms with Gasteiger partial charge in [-0.1, -0.05) is 110 Å². The van der Waals surface area contributed by atoms with Gasteiger partial charge in [-0.05, 0) is 6.04 Å². The third-order valence-corrected chi connectivity index (χ3v) is 5.04. The third kappa shape index (κ3) is 18.2. The number of unbranched alkanes of at least 4 members (excludes halogenated alkanes) is 15. The number of rotatable bonds is 17. The third-order valence-electron chi connectivity index (χ3n) is 4.25. The summed E-state index contributed by atoms with van der Waals surface area (Å²) in [6, 6.07) is 1.03. The van der Waals surface area contributed by atoms with Crippen molar-refractivity contribution < 1.29 is 4.80 Å². The van der Waals surface area contributed by atoms with Crippen LogP contribution < -0.4 is 0 Å². The second-order valence-electron chi connectivity index (χ2n) is 6.36. The minimum atomic E-state index is -0.901. The molecule has 0 aliphatic heterocycles. The van der Waals surface area contributed by atoms with Crippen molar-refractivity contribution in [2.24, 2.45) is 0 Å². The predicted molar refractivity (Wildman–Crippen MR) is 93.6 cm³/mol. The molecule has 0 aromatic rings. The smallest absolute Gasteiger partial charge is 0.207 e. The first-order valence-electron chi connectivity index (χ1n) is 9.50. The average molecular weight is 300 g/mol. The lowest BCUT2D eigenvalue weighted by atomic mass is 10.0. The first-order valence-corrected chi connectivity index (χ1v) is 11.1. The quantitative estimate of drug-likeness (QED) is 0.226. The predicted octanol–water partition coefficient (Wildman–Crippen LogP) is 6.18. The molecule has 0 aromatic heterocycles. The molecule has 0 fully saturated rings. The molecule has 0 aliphatic carbocycles. The van der Waals surface area contributed by atoms with Crippen LogP contribution in [-0.2, 0) is 4.80 Å². The van der Waals surface area contributed by atoms with Gasteiger partial charge >= 0.3 is 0 Å². The minimum absolute atomic E-state index is 0.901. The van der Waals surface area contributed by atoms with Crippen LogP contribution in [-0.4, -0.2) is 9.76 Å². The molecule has 1 radical (unpaired) electrons. The fourth-order valence-electron chi connectivity index (χ4n) is 2.83. The van der Waals surface area contributed by atoms with Crippen molar-refractivity contribution in [2.45, 2.75) is 116 Å². The van der Waals surface area contributed by atoms with Gasteiger partial charge in [-0.15, -0.1) is 0 Å². The molecular formula is C18H39OSi. The zero-order valence-electron chi connectivity index (χ0n) is 14.1. The van der Waals surface area contributed by atoms with E-state index >= 15 is 0 Å². The lowest BCUT2D eigenvalue weighted by Gasteiger charge is -2.03. The topological polar surface area (TPSA) is 19.9 Å². The van der Waals surface area contributed by atoms with E-state index in [1.165, 1.54) is 103 Å². The summed E-state index contributed by atoms with van der Waals surface area (Å²) < 4.78 is 0. The van der Waals surface area contributed by atoms with E-state index in [2.05, 4.69) is 6.92 Å². The van der Waals surface area contributed by atoms with E-state index in [1.807, 2.05) is 0 Å². The van der Waals surface area contributed by atoms with Crippen molar-refractivity contribution in [3.05, 3.63) is 0 Å². The Morgan fingerprint density at radius 2 is 0.800 bits per heavy atom. The molecule has 0 aromatic carbocycles. The lowest BCUT2D eigenvalue weighted by Crippen LogP contribution is -1.85. The van der Waals surface area contributed by atoms with Gasteiger partial charge in [-0.3, -0.25) is 0 Å². The molecule has 0 bridgehead atoms. The maximum absolute atomic E-state index is 10.4. The van der Waals surface area contributed by atoms with Gasteiger partial charge < -0.3 is 4.80 Å². The van der Waals surface area contributed by atoms with Gasteiger partial charge in [-0.25, -0.2) is 0 Å². The summed E-state index contributed by atoms with van der Waals surface area (Å²) >= 11 is 0. The Bertz CT molecular complexity index is 143. The zero-order chi connectivity index (χ0) is 14.7. The fourth-order valence-corrected chi connectivity index (χ4v) is 3.38. The number of hydrogen-bond acceptors (Lipinski definition) is 0. The van der Waals surface area contributed by atoms with Crippen LogP contribution in [0.1, 0.15) is 110 Å². The average Bonchev–Trinajstić information content (AvgIpc) is 2.47. The highest BCUT2D eigenvalue weighted by Crippen LogP contribution is 2.13. The van der Waals surface area contributed by atoms with Crippen LogP contribution in [0.3, 0.4) is 0 Å². The monoisotopic (exact) mass is 299 g/mol. The van der Waals surface area contributed by atoms with Gasteiger partial charge in [-0.2, -0.15) is 0 Å². The molecular weight excluding hydrogens is 260 g/mol. The molecule has 0 aliphatic rings. The second-order valence-corrected chi connectivity index (χ2v) is 7.48. The molecule has 0 rings (SSSR count). The van der Waals surface area contributed by atoms with Crippen molar-refractivity contribution in [1.82, 2.24) is 0 Å². The highest BCUT2D eigenvalue weighted by atomic mass is 28.2. The van der Waals surface area contributed by atoms with E-state index in [4.69, 9.17) is 0 Å².